The summed E-state index contributed by atoms with van der Waals surface area (Å²) in [5.41, 5.74) is 2.75. The van der Waals surface area contributed by atoms with Crippen LogP contribution in [0.1, 0.15) is 48.4 Å². The van der Waals surface area contributed by atoms with Gasteiger partial charge in [0.15, 0.2) is 10.8 Å². The van der Waals surface area contributed by atoms with Crippen molar-refractivity contribution in [1.82, 2.24) is 10.3 Å². The summed E-state index contributed by atoms with van der Waals surface area (Å²) < 4.78 is 6.22. The van der Waals surface area contributed by atoms with E-state index in [0.717, 1.165) is 15.6 Å². The van der Waals surface area contributed by atoms with Crippen LogP contribution in [0, 0.1) is 18.8 Å². The zero-order chi connectivity index (χ0) is 24.4. The molecular weight excluding hydrogens is 522 g/mol. The number of aryl methyl sites for hydroxylation is 1. The first-order valence-electron chi connectivity index (χ1n) is 11.1. The van der Waals surface area contributed by atoms with Crippen LogP contribution in [-0.4, -0.2) is 45.7 Å². The number of nitrogens with one attached hydrogen (secondary N) is 1. The first-order valence-corrected chi connectivity index (χ1v) is 12.8. The van der Waals surface area contributed by atoms with Crippen LogP contribution in [0.4, 0.5) is 0 Å². The van der Waals surface area contributed by atoms with E-state index in [-0.39, 0.29) is 25.4 Å². The monoisotopic (exact) mass is 547 g/mol. The maximum atomic E-state index is 13.2. The highest BCUT2D eigenvalue weighted by Gasteiger charge is 2.41. The van der Waals surface area contributed by atoms with Gasteiger partial charge in [-0.2, -0.15) is 0 Å². The van der Waals surface area contributed by atoms with Crippen molar-refractivity contribution in [2.24, 2.45) is 16.8 Å². The number of aromatic nitrogens is 1. The van der Waals surface area contributed by atoms with Crippen molar-refractivity contribution >= 4 is 45.0 Å². The number of carboxylic acids is 1. The number of thiazole rings is 1. The van der Waals surface area contributed by atoms with Crippen molar-refractivity contribution in [2.75, 3.05) is 6.61 Å². The molecule has 1 aliphatic carbocycles. The molecule has 4 atom stereocenters. The Morgan fingerprint density at radius 2 is 2.12 bits per heavy atom. The van der Waals surface area contributed by atoms with Gasteiger partial charge in [0, 0.05) is 21.7 Å². The van der Waals surface area contributed by atoms with Gasteiger partial charge >= 0.3 is 11.9 Å². The molecule has 4 rings (SSSR count). The van der Waals surface area contributed by atoms with Gasteiger partial charge in [-0.05, 0) is 56.2 Å². The highest BCUT2D eigenvalue weighted by atomic mass is 79.9. The zero-order valence-electron chi connectivity index (χ0n) is 18.8. The number of allylic oxidation sites excluding steroid dienone is 1. The Morgan fingerprint density at radius 3 is 2.76 bits per heavy atom. The Labute approximate surface area is 209 Å². The first kappa shape index (κ1) is 24.6. The fraction of sp³-hybridized carbons (Fsp3) is 0.417. The maximum absolute atomic E-state index is 13.2. The van der Waals surface area contributed by atoms with E-state index in [1.54, 1.807) is 13.1 Å². The predicted octanol–water partition coefficient (Wildman–Crippen LogP) is 3.98. The van der Waals surface area contributed by atoms with Crippen LogP contribution < -0.4 is 5.32 Å². The Balaban J connectivity index is 1.84. The molecule has 0 spiro atoms. The highest BCUT2D eigenvalue weighted by molar-refractivity contribution is 9.10. The van der Waals surface area contributed by atoms with Crippen molar-refractivity contribution < 1.29 is 24.5 Å². The van der Waals surface area contributed by atoms with Crippen molar-refractivity contribution in [2.45, 2.75) is 45.3 Å². The van der Waals surface area contributed by atoms with Gasteiger partial charge in [-0.1, -0.05) is 28.1 Å². The molecule has 0 saturated heterocycles. The highest BCUT2D eigenvalue weighted by Crippen LogP contribution is 2.41. The van der Waals surface area contributed by atoms with Gasteiger partial charge < -0.3 is 20.3 Å². The molecule has 2 heterocycles. The number of benzene rings is 1. The van der Waals surface area contributed by atoms with E-state index in [1.807, 2.05) is 30.5 Å². The maximum Gasteiger partial charge on any atom is 0.338 e. The molecule has 1 saturated carbocycles. The summed E-state index contributed by atoms with van der Waals surface area (Å²) >= 11 is 5.04. The Bertz CT molecular complexity index is 1150. The van der Waals surface area contributed by atoms with Gasteiger partial charge in [0.25, 0.3) is 0 Å². The fourth-order valence-corrected chi connectivity index (χ4v) is 5.92. The van der Waals surface area contributed by atoms with Crippen LogP contribution in [0.25, 0.3) is 0 Å². The van der Waals surface area contributed by atoms with Crippen molar-refractivity contribution in [3.8, 4) is 0 Å². The molecule has 4 unspecified atom stereocenters. The lowest BCUT2D eigenvalue weighted by atomic mass is 9.87. The molecule has 0 bridgehead atoms. The number of halogens is 1. The number of hydrogen-bond donors (Lipinski definition) is 3. The van der Waals surface area contributed by atoms with Gasteiger partial charge in [0.1, 0.15) is 6.04 Å². The second kappa shape index (κ2) is 10.4. The number of aliphatic carboxylic acids is 1. The third-order valence-corrected chi connectivity index (χ3v) is 7.63. The first-order chi connectivity index (χ1) is 16.3. The van der Waals surface area contributed by atoms with E-state index in [1.165, 1.54) is 11.3 Å². The van der Waals surface area contributed by atoms with Crippen LogP contribution in [-0.2, 0) is 14.3 Å². The minimum absolute atomic E-state index is 0.195. The smallest absolute Gasteiger partial charge is 0.338 e. The van der Waals surface area contributed by atoms with Crippen LogP contribution in [0.15, 0.2) is 50.5 Å². The van der Waals surface area contributed by atoms with Crippen LogP contribution in [0.2, 0.25) is 0 Å². The summed E-state index contributed by atoms with van der Waals surface area (Å²) in [6.45, 7) is 3.91. The number of carbonyl (C=O) groups is 2. The lowest BCUT2D eigenvalue weighted by molar-refractivity contribution is -0.143. The van der Waals surface area contributed by atoms with Gasteiger partial charge in [0.05, 0.1) is 24.2 Å². The SMILES string of the molecule is CCOC(=O)C1=C(CC2CC(O)CC2C(=O)O)NC(c2nccs2)=NC1c1ccc(C)cc1Br. The van der Waals surface area contributed by atoms with E-state index in [4.69, 9.17) is 9.73 Å². The molecule has 1 aromatic heterocycles. The van der Waals surface area contributed by atoms with E-state index in [0.29, 0.717) is 28.5 Å². The van der Waals surface area contributed by atoms with Crippen LogP contribution in [0.3, 0.4) is 0 Å². The van der Waals surface area contributed by atoms with Gasteiger partial charge in [-0.3, -0.25) is 9.79 Å². The third kappa shape index (κ3) is 5.08. The zero-order valence-corrected chi connectivity index (χ0v) is 21.2. The standard InChI is InChI=1S/C24H26BrN3O5S/c1-3-33-24(32)19-18(10-13-9-14(29)11-16(13)23(30)31)27-21(22-26-6-7-34-22)28-20(19)15-5-4-12(2)8-17(15)25/h4-8,13-14,16,20,29H,3,9-11H2,1-2H3,(H,27,28)(H,30,31). The molecular formula is C24H26BrN3O5S. The Hall–Kier alpha value is -2.56. The second-order valence-electron chi connectivity index (χ2n) is 8.51. The molecule has 0 radical (unpaired) electrons. The number of carboxylic acid groups (broad SMARTS) is 1. The number of esters is 1. The van der Waals surface area contributed by atoms with Crippen molar-refractivity contribution in [1.29, 1.82) is 0 Å². The normalized spacial score (nSPS) is 24.5. The van der Waals surface area contributed by atoms with E-state index in [9.17, 15) is 19.8 Å². The molecule has 34 heavy (non-hydrogen) atoms. The fourth-order valence-electron chi connectivity index (χ4n) is 4.62. The van der Waals surface area contributed by atoms with Crippen molar-refractivity contribution in [3.05, 3.63) is 61.7 Å². The molecule has 3 N–H and O–H groups in total. The predicted molar refractivity (Wildman–Crippen MR) is 132 cm³/mol. The summed E-state index contributed by atoms with van der Waals surface area (Å²) in [4.78, 5) is 34.3. The molecule has 2 aliphatic rings. The summed E-state index contributed by atoms with van der Waals surface area (Å²) in [5.74, 6) is -1.96. The number of aliphatic hydroxyl groups is 1. The number of amidine groups is 1. The van der Waals surface area contributed by atoms with Crippen molar-refractivity contribution in [3.63, 3.8) is 0 Å². The third-order valence-electron chi connectivity index (χ3n) is 6.16. The molecule has 2 aromatic rings. The quantitative estimate of drug-likeness (QED) is 0.448. The molecule has 10 heteroatoms. The average Bonchev–Trinajstić information content (AvgIpc) is 3.43. The second-order valence-corrected chi connectivity index (χ2v) is 10.3. The topological polar surface area (TPSA) is 121 Å². The molecule has 1 aromatic carbocycles. The number of aliphatic hydroxyl groups excluding tert-OH is 1. The molecule has 1 aliphatic heterocycles. The lowest BCUT2D eigenvalue weighted by Gasteiger charge is -2.29. The number of carbonyl (C=O) groups excluding carboxylic acids is 1. The number of nitrogens with zero attached hydrogens (tertiary/aromatic N) is 2. The average molecular weight is 548 g/mol. The molecule has 0 amide bonds. The largest absolute Gasteiger partial charge is 0.481 e. The van der Waals surface area contributed by atoms with Gasteiger partial charge in [0.2, 0.25) is 0 Å². The van der Waals surface area contributed by atoms with Crippen LogP contribution >= 0.6 is 27.3 Å². The number of rotatable bonds is 7. The minimum Gasteiger partial charge on any atom is -0.481 e. The molecule has 180 valence electrons. The summed E-state index contributed by atoms with van der Waals surface area (Å²) in [6, 6.07) is 5.18. The van der Waals surface area contributed by atoms with Crippen LogP contribution in [0.5, 0.6) is 0 Å². The van der Waals surface area contributed by atoms with E-state index < -0.39 is 30.0 Å². The number of ether oxygens (including phenoxy) is 1. The summed E-state index contributed by atoms with van der Waals surface area (Å²) in [6.07, 6.45) is 1.81. The summed E-state index contributed by atoms with van der Waals surface area (Å²) in [7, 11) is 0. The van der Waals surface area contributed by atoms with E-state index in [2.05, 4.69) is 26.2 Å². The minimum atomic E-state index is -0.942. The van der Waals surface area contributed by atoms with Gasteiger partial charge in [-0.25, -0.2) is 9.78 Å². The van der Waals surface area contributed by atoms with E-state index >= 15 is 0 Å². The Kier molecular flexibility index (Phi) is 7.49. The molecule has 1 fully saturated rings. The Morgan fingerprint density at radius 1 is 1.32 bits per heavy atom. The number of aliphatic imine (C=N–C) groups is 1. The van der Waals surface area contributed by atoms with Gasteiger partial charge in [-0.15, -0.1) is 11.3 Å². The lowest BCUT2D eigenvalue weighted by Crippen LogP contribution is -2.35. The summed E-state index contributed by atoms with van der Waals surface area (Å²) in [5, 5.41) is 25.6. The molecule has 8 nitrogen and oxygen atoms in total. The number of hydrogen-bond acceptors (Lipinski definition) is 8.